The van der Waals surface area contributed by atoms with Crippen LogP contribution in [0, 0.1) is 13.8 Å². The number of nitrogens with zero attached hydrogens (tertiary/aromatic N) is 2. The van der Waals surface area contributed by atoms with Gasteiger partial charge in [-0.05, 0) is 56.2 Å². The van der Waals surface area contributed by atoms with Gasteiger partial charge in [0.25, 0.3) is 5.91 Å². The molecule has 1 amide bonds. The quantitative estimate of drug-likeness (QED) is 0.560. The third-order valence-electron chi connectivity index (χ3n) is 4.53. The molecular formula is C22H24N2O5S. The van der Waals surface area contributed by atoms with Gasteiger partial charge in [-0.15, -0.1) is 0 Å². The Bertz CT molecular complexity index is 1180. The van der Waals surface area contributed by atoms with Crippen LogP contribution in [-0.2, 0) is 16.1 Å². The van der Waals surface area contributed by atoms with E-state index in [4.69, 9.17) is 14.2 Å². The summed E-state index contributed by atoms with van der Waals surface area (Å²) < 4.78 is 18.3. The molecule has 1 heterocycles. The smallest absolute Gasteiger partial charge is 0.326 e. The van der Waals surface area contributed by atoms with Gasteiger partial charge in [-0.25, -0.2) is 0 Å². The number of carbonyl (C=O) groups excluding carboxylic acids is 2. The maximum atomic E-state index is 12.9. The summed E-state index contributed by atoms with van der Waals surface area (Å²) >= 11 is 1.36. The monoisotopic (exact) mass is 428 g/mol. The highest BCUT2D eigenvalue weighted by molar-refractivity contribution is 7.16. The summed E-state index contributed by atoms with van der Waals surface area (Å²) in [5.41, 5.74) is 3.34. The highest BCUT2D eigenvalue weighted by atomic mass is 32.1. The van der Waals surface area contributed by atoms with E-state index >= 15 is 0 Å². The Hall–Kier alpha value is -3.13. The van der Waals surface area contributed by atoms with Crippen LogP contribution in [0.2, 0.25) is 0 Å². The van der Waals surface area contributed by atoms with Crippen molar-refractivity contribution in [1.29, 1.82) is 0 Å². The molecule has 0 fully saturated rings. The van der Waals surface area contributed by atoms with Crippen LogP contribution in [0.25, 0.3) is 10.2 Å². The topological polar surface area (TPSA) is 79.1 Å². The molecule has 0 atom stereocenters. The van der Waals surface area contributed by atoms with Gasteiger partial charge in [0.05, 0.1) is 31.0 Å². The Morgan fingerprint density at radius 1 is 1.07 bits per heavy atom. The van der Waals surface area contributed by atoms with Crippen LogP contribution in [-0.4, -0.2) is 37.3 Å². The first-order chi connectivity index (χ1) is 14.4. The van der Waals surface area contributed by atoms with Gasteiger partial charge in [0.1, 0.15) is 6.54 Å². The summed E-state index contributed by atoms with van der Waals surface area (Å²) in [7, 11) is 3.04. The number of rotatable bonds is 6. The zero-order chi connectivity index (χ0) is 21.8. The molecule has 0 aliphatic rings. The van der Waals surface area contributed by atoms with Crippen LogP contribution in [0.15, 0.2) is 35.3 Å². The molecule has 3 rings (SSSR count). The van der Waals surface area contributed by atoms with Crippen molar-refractivity contribution < 1.29 is 23.8 Å². The molecule has 0 unspecified atom stereocenters. The third-order valence-corrected chi connectivity index (χ3v) is 5.56. The number of aromatic nitrogens is 1. The lowest BCUT2D eigenvalue weighted by Crippen LogP contribution is -2.23. The van der Waals surface area contributed by atoms with Crippen molar-refractivity contribution in [3.8, 4) is 11.5 Å². The first-order valence-electron chi connectivity index (χ1n) is 9.45. The zero-order valence-electron chi connectivity index (χ0n) is 17.6. The molecule has 0 radical (unpaired) electrons. The Morgan fingerprint density at radius 2 is 1.80 bits per heavy atom. The molecule has 8 heteroatoms. The fourth-order valence-electron chi connectivity index (χ4n) is 3.28. The van der Waals surface area contributed by atoms with Crippen LogP contribution < -0.4 is 14.3 Å². The second-order valence-corrected chi connectivity index (χ2v) is 7.70. The Morgan fingerprint density at radius 3 is 2.47 bits per heavy atom. The first-order valence-corrected chi connectivity index (χ1v) is 10.3. The Labute approximate surface area is 178 Å². The fourth-order valence-corrected chi connectivity index (χ4v) is 4.48. The fraction of sp³-hybridized carbons (Fsp3) is 0.318. The minimum Gasteiger partial charge on any atom is -0.493 e. The van der Waals surface area contributed by atoms with E-state index in [-0.39, 0.29) is 19.1 Å². The Kier molecular flexibility index (Phi) is 6.56. The molecule has 0 aliphatic carbocycles. The average molecular weight is 429 g/mol. The SMILES string of the molecule is CCOC(=O)Cn1c(=NC(=O)c2ccc(OC)c(OC)c2)sc2cc(C)cc(C)c21. The number of ether oxygens (including phenoxy) is 3. The molecule has 2 aromatic carbocycles. The molecule has 7 nitrogen and oxygen atoms in total. The minimum atomic E-state index is -0.436. The van der Waals surface area contributed by atoms with Crippen LogP contribution in [0.4, 0.5) is 0 Å². The lowest BCUT2D eigenvalue weighted by Gasteiger charge is -2.08. The lowest BCUT2D eigenvalue weighted by molar-refractivity contribution is -0.143. The van der Waals surface area contributed by atoms with Crippen molar-refractivity contribution in [2.45, 2.75) is 27.3 Å². The lowest BCUT2D eigenvalue weighted by atomic mass is 10.1. The van der Waals surface area contributed by atoms with Crippen molar-refractivity contribution in [3.63, 3.8) is 0 Å². The number of thiazole rings is 1. The number of benzene rings is 2. The number of amides is 1. The van der Waals surface area contributed by atoms with Crippen molar-refractivity contribution in [2.24, 2.45) is 4.99 Å². The van der Waals surface area contributed by atoms with E-state index in [9.17, 15) is 9.59 Å². The summed E-state index contributed by atoms with van der Waals surface area (Å²) in [6.07, 6.45) is 0. The van der Waals surface area contributed by atoms with Gasteiger partial charge < -0.3 is 18.8 Å². The van der Waals surface area contributed by atoms with Gasteiger partial charge in [0, 0.05) is 5.56 Å². The molecule has 0 saturated heterocycles. The second kappa shape index (κ2) is 9.13. The molecule has 0 saturated carbocycles. The van der Waals surface area contributed by atoms with Gasteiger partial charge in [-0.3, -0.25) is 9.59 Å². The standard InChI is InChI=1S/C22H24N2O5S/c1-6-29-19(25)12-24-20-14(3)9-13(2)10-18(20)30-22(24)23-21(26)15-7-8-16(27-4)17(11-15)28-5/h7-11H,6,12H2,1-5H3. The van der Waals surface area contributed by atoms with Gasteiger partial charge in [-0.1, -0.05) is 17.4 Å². The summed E-state index contributed by atoms with van der Waals surface area (Å²) in [5, 5.41) is 0. The van der Waals surface area contributed by atoms with E-state index in [1.54, 1.807) is 29.7 Å². The van der Waals surface area contributed by atoms with Crippen molar-refractivity contribution >= 4 is 33.4 Å². The average Bonchev–Trinajstić information content (AvgIpc) is 3.04. The molecule has 0 spiro atoms. The number of hydrogen-bond acceptors (Lipinski definition) is 6. The maximum absolute atomic E-state index is 12.9. The minimum absolute atomic E-state index is 0.0181. The normalized spacial score (nSPS) is 11.6. The Balaban J connectivity index is 2.14. The van der Waals surface area contributed by atoms with Crippen LogP contribution in [0.5, 0.6) is 11.5 Å². The van der Waals surface area contributed by atoms with Crippen LogP contribution >= 0.6 is 11.3 Å². The van der Waals surface area contributed by atoms with E-state index in [2.05, 4.69) is 4.99 Å². The van der Waals surface area contributed by atoms with Crippen LogP contribution in [0.1, 0.15) is 28.4 Å². The predicted molar refractivity (Wildman–Crippen MR) is 115 cm³/mol. The van der Waals surface area contributed by atoms with E-state index in [1.165, 1.54) is 25.6 Å². The molecule has 30 heavy (non-hydrogen) atoms. The number of esters is 1. The molecule has 158 valence electrons. The number of aryl methyl sites for hydroxylation is 2. The molecular weight excluding hydrogens is 404 g/mol. The number of carbonyl (C=O) groups is 2. The third kappa shape index (κ3) is 4.38. The molecule has 0 N–H and O–H groups in total. The van der Waals surface area contributed by atoms with Gasteiger partial charge in [0.15, 0.2) is 16.3 Å². The highest BCUT2D eigenvalue weighted by Gasteiger charge is 2.16. The van der Waals surface area contributed by atoms with E-state index < -0.39 is 5.91 Å². The predicted octanol–water partition coefficient (Wildman–Crippen LogP) is 3.64. The summed E-state index contributed by atoms with van der Waals surface area (Å²) in [6, 6.07) is 8.94. The van der Waals surface area contributed by atoms with E-state index in [0.717, 1.165) is 21.3 Å². The van der Waals surface area contributed by atoms with Crippen molar-refractivity contribution in [2.75, 3.05) is 20.8 Å². The van der Waals surface area contributed by atoms with Gasteiger partial charge in [0.2, 0.25) is 0 Å². The summed E-state index contributed by atoms with van der Waals surface area (Å²) in [4.78, 5) is 29.8. The van der Waals surface area contributed by atoms with Gasteiger partial charge >= 0.3 is 5.97 Å². The van der Waals surface area contributed by atoms with Crippen LogP contribution in [0.3, 0.4) is 0 Å². The molecule has 1 aromatic heterocycles. The largest absolute Gasteiger partial charge is 0.493 e. The number of hydrogen-bond donors (Lipinski definition) is 0. The van der Waals surface area contributed by atoms with Crippen molar-refractivity contribution in [1.82, 2.24) is 4.57 Å². The molecule has 3 aromatic rings. The summed E-state index contributed by atoms with van der Waals surface area (Å²) in [5.74, 6) is 0.159. The van der Waals surface area contributed by atoms with Crippen molar-refractivity contribution in [3.05, 3.63) is 51.8 Å². The highest BCUT2D eigenvalue weighted by Crippen LogP contribution is 2.28. The number of fused-ring (bicyclic) bond motifs is 1. The maximum Gasteiger partial charge on any atom is 0.326 e. The zero-order valence-corrected chi connectivity index (χ0v) is 18.5. The first kappa shape index (κ1) is 21.6. The second-order valence-electron chi connectivity index (χ2n) is 6.69. The summed E-state index contributed by atoms with van der Waals surface area (Å²) in [6.45, 7) is 6.01. The van der Waals surface area contributed by atoms with Gasteiger partial charge in [-0.2, -0.15) is 4.99 Å². The molecule has 0 aliphatic heterocycles. The number of methoxy groups -OCH3 is 2. The molecule has 0 bridgehead atoms. The van der Waals surface area contributed by atoms with E-state index in [1.807, 2.05) is 26.0 Å². The van der Waals surface area contributed by atoms with E-state index in [0.29, 0.717) is 21.9 Å².